The summed E-state index contributed by atoms with van der Waals surface area (Å²) in [6.45, 7) is 2.08. The van der Waals surface area contributed by atoms with Gasteiger partial charge in [-0.15, -0.1) is 0 Å². The quantitative estimate of drug-likeness (QED) is 0.608. The molecule has 0 aliphatic heterocycles. The number of thioether (sulfide) groups is 1. The molecular weight excluding hydrogens is 428 g/mol. The average Bonchev–Trinajstić information content (AvgIpc) is 2.67. The van der Waals surface area contributed by atoms with Crippen LogP contribution in [0.25, 0.3) is 0 Å². The van der Waals surface area contributed by atoms with E-state index in [1.165, 1.54) is 0 Å². The Morgan fingerprint density at radius 3 is 2.59 bits per heavy atom. The third-order valence-corrected chi connectivity index (χ3v) is 5.46. The molecule has 7 heteroatoms. The number of hydrogen-bond donors (Lipinski definition) is 2. The van der Waals surface area contributed by atoms with Crippen molar-refractivity contribution in [2.75, 3.05) is 17.3 Å². The number of nitrogens with one attached hydrogen (secondary N) is 2. The fourth-order valence-corrected chi connectivity index (χ4v) is 3.21. The summed E-state index contributed by atoms with van der Waals surface area (Å²) in [5.74, 6) is 0.482. The summed E-state index contributed by atoms with van der Waals surface area (Å²) in [4.78, 5) is 24.8. The van der Waals surface area contributed by atoms with Crippen molar-refractivity contribution in [3.8, 4) is 0 Å². The molecule has 0 heterocycles. The van der Waals surface area contributed by atoms with E-state index in [9.17, 15) is 9.59 Å². The lowest BCUT2D eigenvalue weighted by molar-refractivity contribution is -0.118. The summed E-state index contributed by atoms with van der Waals surface area (Å²) in [5.41, 5.74) is 2.53. The van der Waals surface area contributed by atoms with Crippen molar-refractivity contribution in [1.82, 2.24) is 5.32 Å². The van der Waals surface area contributed by atoms with Crippen LogP contribution < -0.4 is 10.6 Å². The highest BCUT2D eigenvalue weighted by molar-refractivity contribution is 9.10. The number of benzene rings is 2. The maximum absolute atomic E-state index is 12.7. The second kappa shape index (κ2) is 11.0. The van der Waals surface area contributed by atoms with E-state index in [2.05, 4.69) is 26.6 Å². The van der Waals surface area contributed by atoms with E-state index in [0.29, 0.717) is 12.1 Å². The van der Waals surface area contributed by atoms with Gasteiger partial charge in [0, 0.05) is 10.2 Å². The minimum absolute atomic E-state index is 0.161. The second-order valence-corrected chi connectivity index (χ2v) is 7.78. The molecule has 2 aromatic carbocycles. The first-order valence-corrected chi connectivity index (χ1v) is 10.7. The van der Waals surface area contributed by atoms with Crippen LogP contribution in [0.1, 0.15) is 17.5 Å². The Kier molecular flexibility index (Phi) is 8.67. The highest BCUT2D eigenvalue weighted by Gasteiger charge is 2.22. The van der Waals surface area contributed by atoms with Gasteiger partial charge in [0.1, 0.15) is 12.6 Å². The third-order valence-electron chi connectivity index (χ3n) is 3.96. The van der Waals surface area contributed by atoms with Crippen molar-refractivity contribution in [1.29, 1.82) is 0 Å². The Balaban J connectivity index is 1.97. The maximum Gasteiger partial charge on any atom is 0.408 e. The molecule has 0 aliphatic rings. The zero-order valence-electron chi connectivity index (χ0n) is 15.3. The fourth-order valence-electron chi connectivity index (χ4n) is 2.37. The van der Waals surface area contributed by atoms with Gasteiger partial charge in [-0.05, 0) is 48.6 Å². The Hall–Kier alpha value is -1.99. The van der Waals surface area contributed by atoms with E-state index in [1.807, 2.05) is 61.7 Å². The Labute approximate surface area is 172 Å². The first-order chi connectivity index (χ1) is 13.0. The normalized spacial score (nSPS) is 11.5. The zero-order chi connectivity index (χ0) is 19.6. The van der Waals surface area contributed by atoms with Gasteiger partial charge in [0.25, 0.3) is 0 Å². The molecule has 0 saturated heterocycles. The minimum atomic E-state index is -0.667. The summed E-state index contributed by atoms with van der Waals surface area (Å²) in [5, 5.41) is 5.57. The summed E-state index contributed by atoms with van der Waals surface area (Å²) in [7, 11) is 0. The standard InChI is InChI=1S/C20H23BrN2O3S/c1-14-16(21)9-6-10-17(14)22-19(24)18(11-12-27-2)23-20(25)26-13-15-7-4-3-5-8-15/h3-10,18H,11-13H2,1-2H3,(H,22,24)(H,23,25). The van der Waals surface area contributed by atoms with Crippen LogP contribution in [0.4, 0.5) is 10.5 Å². The number of alkyl carbamates (subject to hydrolysis) is 1. The first-order valence-electron chi connectivity index (χ1n) is 8.53. The van der Waals surface area contributed by atoms with E-state index in [0.717, 1.165) is 21.4 Å². The second-order valence-electron chi connectivity index (χ2n) is 5.94. The van der Waals surface area contributed by atoms with E-state index < -0.39 is 12.1 Å². The molecular formula is C20H23BrN2O3S. The number of halogens is 1. The van der Waals surface area contributed by atoms with Crippen molar-refractivity contribution >= 4 is 45.4 Å². The number of rotatable bonds is 8. The molecule has 0 aromatic heterocycles. The predicted molar refractivity (Wildman–Crippen MR) is 114 cm³/mol. The largest absolute Gasteiger partial charge is 0.445 e. The number of carbonyl (C=O) groups is 2. The maximum atomic E-state index is 12.7. The van der Waals surface area contributed by atoms with Crippen LogP contribution in [0.5, 0.6) is 0 Å². The lowest BCUT2D eigenvalue weighted by atomic mass is 10.1. The number of ether oxygens (including phenoxy) is 1. The summed E-state index contributed by atoms with van der Waals surface area (Å²) in [6, 6.07) is 14.3. The van der Waals surface area contributed by atoms with Gasteiger partial charge in [-0.1, -0.05) is 52.3 Å². The first kappa shape index (κ1) is 21.3. The van der Waals surface area contributed by atoms with E-state index >= 15 is 0 Å². The average molecular weight is 451 g/mol. The van der Waals surface area contributed by atoms with Gasteiger partial charge in [-0.2, -0.15) is 11.8 Å². The number of hydrogen-bond acceptors (Lipinski definition) is 4. The zero-order valence-corrected chi connectivity index (χ0v) is 17.7. The lowest BCUT2D eigenvalue weighted by Crippen LogP contribution is -2.44. The molecule has 0 spiro atoms. The van der Waals surface area contributed by atoms with Crippen molar-refractivity contribution in [2.45, 2.75) is 26.0 Å². The van der Waals surface area contributed by atoms with Crippen LogP contribution >= 0.6 is 27.7 Å². The smallest absolute Gasteiger partial charge is 0.408 e. The highest BCUT2D eigenvalue weighted by atomic mass is 79.9. The molecule has 0 fully saturated rings. The van der Waals surface area contributed by atoms with Gasteiger partial charge in [0.2, 0.25) is 5.91 Å². The van der Waals surface area contributed by atoms with Crippen molar-refractivity contribution in [3.05, 3.63) is 64.1 Å². The summed E-state index contributed by atoms with van der Waals surface area (Å²) >= 11 is 5.07. The molecule has 2 aromatic rings. The van der Waals surface area contributed by atoms with E-state index in [1.54, 1.807) is 11.8 Å². The van der Waals surface area contributed by atoms with Gasteiger partial charge in [0.15, 0.2) is 0 Å². The Morgan fingerprint density at radius 2 is 1.89 bits per heavy atom. The summed E-state index contributed by atoms with van der Waals surface area (Å²) < 4.78 is 6.15. The SMILES string of the molecule is CSCCC(NC(=O)OCc1ccccc1)C(=O)Nc1cccc(Br)c1C. The van der Waals surface area contributed by atoms with E-state index in [-0.39, 0.29) is 12.5 Å². The minimum Gasteiger partial charge on any atom is -0.445 e. The molecule has 1 unspecified atom stereocenters. The van der Waals surface area contributed by atoms with Crippen LogP contribution in [-0.4, -0.2) is 30.1 Å². The fraction of sp³-hybridized carbons (Fsp3) is 0.300. The molecule has 1 atom stereocenters. The number of carbonyl (C=O) groups excluding carboxylic acids is 2. The van der Waals surface area contributed by atoms with Crippen LogP contribution in [0, 0.1) is 6.92 Å². The monoisotopic (exact) mass is 450 g/mol. The van der Waals surface area contributed by atoms with Gasteiger partial charge in [0.05, 0.1) is 0 Å². The number of anilines is 1. The van der Waals surface area contributed by atoms with Crippen LogP contribution in [0.2, 0.25) is 0 Å². The molecule has 27 heavy (non-hydrogen) atoms. The summed E-state index contributed by atoms with van der Waals surface area (Å²) in [6.07, 6.45) is 1.87. The van der Waals surface area contributed by atoms with Crippen molar-refractivity contribution < 1.29 is 14.3 Å². The molecule has 0 bridgehead atoms. The molecule has 0 saturated carbocycles. The molecule has 2 rings (SSSR count). The molecule has 2 amide bonds. The van der Waals surface area contributed by atoms with Crippen LogP contribution in [-0.2, 0) is 16.1 Å². The van der Waals surface area contributed by atoms with E-state index in [4.69, 9.17) is 4.74 Å². The van der Waals surface area contributed by atoms with Gasteiger partial charge >= 0.3 is 6.09 Å². The molecule has 0 aliphatic carbocycles. The van der Waals surface area contributed by atoms with Gasteiger partial charge < -0.3 is 15.4 Å². The predicted octanol–water partition coefficient (Wildman–Crippen LogP) is 4.74. The molecule has 0 radical (unpaired) electrons. The molecule has 2 N–H and O–H groups in total. The van der Waals surface area contributed by atoms with Crippen molar-refractivity contribution in [2.24, 2.45) is 0 Å². The Bertz CT molecular complexity index is 771. The van der Waals surface area contributed by atoms with Gasteiger partial charge in [-0.3, -0.25) is 4.79 Å². The number of amides is 2. The molecule has 5 nitrogen and oxygen atoms in total. The lowest BCUT2D eigenvalue weighted by Gasteiger charge is -2.19. The van der Waals surface area contributed by atoms with Crippen LogP contribution in [0.3, 0.4) is 0 Å². The highest BCUT2D eigenvalue weighted by Crippen LogP contribution is 2.23. The molecule has 144 valence electrons. The topological polar surface area (TPSA) is 67.4 Å². The van der Waals surface area contributed by atoms with Gasteiger partial charge in [-0.25, -0.2) is 4.79 Å². The van der Waals surface area contributed by atoms with Crippen LogP contribution in [0.15, 0.2) is 53.0 Å². The Morgan fingerprint density at radius 1 is 1.15 bits per heavy atom. The third kappa shape index (κ3) is 6.92. The van der Waals surface area contributed by atoms with Crippen molar-refractivity contribution in [3.63, 3.8) is 0 Å².